The van der Waals surface area contributed by atoms with Gasteiger partial charge in [-0.15, -0.1) is 0 Å². The topological polar surface area (TPSA) is 32.3 Å². The normalized spacial score (nSPS) is 23.5. The Labute approximate surface area is 108 Å². The molecule has 2 N–H and O–H groups in total. The third kappa shape index (κ3) is 2.65. The molecule has 1 aromatic carbocycles. The minimum Gasteiger partial charge on any atom is -0.392 e. The van der Waals surface area contributed by atoms with Crippen molar-refractivity contribution < 1.29 is 5.11 Å². The number of benzene rings is 1. The molecule has 0 aromatic heterocycles. The minimum absolute atomic E-state index is 0.169. The van der Waals surface area contributed by atoms with Gasteiger partial charge in [0.05, 0.1) is 6.10 Å². The number of aliphatic hydroxyl groups is 1. The minimum atomic E-state index is -0.325. The second kappa shape index (κ2) is 4.60. The highest BCUT2D eigenvalue weighted by Gasteiger charge is 2.38. The van der Waals surface area contributed by atoms with E-state index in [9.17, 15) is 5.11 Å². The van der Waals surface area contributed by atoms with Gasteiger partial charge >= 0.3 is 0 Å². The molecule has 0 heterocycles. The largest absolute Gasteiger partial charge is 0.392 e. The van der Waals surface area contributed by atoms with E-state index in [2.05, 4.69) is 25.2 Å². The molecule has 17 heavy (non-hydrogen) atoms. The van der Waals surface area contributed by atoms with Crippen LogP contribution in [-0.4, -0.2) is 17.8 Å². The van der Waals surface area contributed by atoms with Crippen molar-refractivity contribution in [3.05, 3.63) is 34.3 Å². The molecular formula is C14H20ClNO. The quantitative estimate of drug-likeness (QED) is 0.868. The lowest BCUT2D eigenvalue weighted by atomic mass is 9.85. The first-order valence-corrected chi connectivity index (χ1v) is 6.48. The van der Waals surface area contributed by atoms with Gasteiger partial charge in [0.15, 0.2) is 0 Å². The van der Waals surface area contributed by atoms with Gasteiger partial charge in [-0.2, -0.15) is 0 Å². The third-order valence-electron chi connectivity index (χ3n) is 3.46. The van der Waals surface area contributed by atoms with Crippen molar-refractivity contribution >= 4 is 11.6 Å². The average molecular weight is 254 g/mol. The lowest BCUT2D eigenvalue weighted by molar-refractivity contribution is 0.169. The lowest BCUT2D eigenvalue weighted by Gasteiger charge is -2.29. The Morgan fingerprint density at radius 3 is 2.88 bits per heavy atom. The smallest absolute Gasteiger partial charge is 0.0636 e. The van der Waals surface area contributed by atoms with Crippen molar-refractivity contribution in [1.82, 2.24) is 5.32 Å². The zero-order valence-corrected chi connectivity index (χ0v) is 11.4. The van der Waals surface area contributed by atoms with Gasteiger partial charge in [-0.25, -0.2) is 0 Å². The van der Waals surface area contributed by atoms with Gasteiger partial charge < -0.3 is 10.4 Å². The zero-order valence-electron chi connectivity index (χ0n) is 10.6. The van der Waals surface area contributed by atoms with Crippen LogP contribution in [0.1, 0.15) is 37.9 Å². The van der Waals surface area contributed by atoms with Crippen molar-refractivity contribution in [2.45, 2.75) is 39.3 Å². The van der Waals surface area contributed by atoms with Gasteiger partial charge in [-0.1, -0.05) is 31.5 Å². The van der Waals surface area contributed by atoms with Crippen LogP contribution >= 0.6 is 11.6 Å². The Morgan fingerprint density at radius 2 is 2.24 bits per heavy atom. The fraction of sp³-hybridized carbons (Fsp3) is 0.571. The summed E-state index contributed by atoms with van der Waals surface area (Å²) in [6.07, 6.45) is 0.728. The number of hydrogen-bond acceptors (Lipinski definition) is 2. The molecular weight excluding hydrogens is 234 g/mol. The number of hydrogen-bond donors (Lipinski definition) is 2. The summed E-state index contributed by atoms with van der Waals surface area (Å²) < 4.78 is 0. The van der Waals surface area contributed by atoms with Crippen LogP contribution in [0, 0.1) is 5.41 Å². The summed E-state index contributed by atoms with van der Waals surface area (Å²) in [4.78, 5) is 0. The summed E-state index contributed by atoms with van der Waals surface area (Å²) >= 11 is 6.07. The average Bonchev–Trinajstić information content (AvgIpc) is 2.45. The molecule has 1 aliphatic carbocycles. The molecule has 0 saturated carbocycles. The number of rotatable bonds is 3. The molecule has 0 amide bonds. The predicted molar refractivity (Wildman–Crippen MR) is 71.4 cm³/mol. The standard InChI is InChI=1S/C14H20ClNO/c1-9(17)8-16-13-12-6-11(15)5-4-10(12)7-14(13,2)3/h4-6,9,13,16-17H,7-8H2,1-3H3/t9-,13?/m1/s1. The Balaban J connectivity index is 2.27. The molecule has 2 nitrogen and oxygen atoms in total. The van der Waals surface area contributed by atoms with Crippen LogP contribution in [0.25, 0.3) is 0 Å². The summed E-state index contributed by atoms with van der Waals surface area (Å²) in [6.45, 7) is 6.91. The Morgan fingerprint density at radius 1 is 1.53 bits per heavy atom. The summed E-state index contributed by atoms with van der Waals surface area (Å²) in [5.41, 5.74) is 2.81. The van der Waals surface area contributed by atoms with Crippen molar-refractivity contribution in [2.24, 2.45) is 5.41 Å². The van der Waals surface area contributed by atoms with E-state index < -0.39 is 0 Å². The highest BCUT2D eigenvalue weighted by Crippen LogP contribution is 2.45. The van der Waals surface area contributed by atoms with E-state index >= 15 is 0 Å². The molecule has 1 aliphatic rings. The van der Waals surface area contributed by atoms with E-state index in [1.54, 1.807) is 6.92 Å². The first kappa shape index (κ1) is 12.9. The third-order valence-corrected chi connectivity index (χ3v) is 3.70. The summed E-state index contributed by atoms with van der Waals surface area (Å²) in [5, 5.41) is 13.6. The van der Waals surface area contributed by atoms with E-state index in [0.29, 0.717) is 6.54 Å². The number of aliphatic hydroxyl groups excluding tert-OH is 1. The first-order chi connectivity index (χ1) is 7.90. The maximum atomic E-state index is 9.40. The van der Waals surface area contributed by atoms with E-state index in [4.69, 9.17) is 11.6 Å². The molecule has 0 spiro atoms. The van der Waals surface area contributed by atoms with Crippen LogP contribution in [0.5, 0.6) is 0 Å². The summed E-state index contributed by atoms with van der Waals surface area (Å²) in [7, 11) is 0. The highest BCUT2D eigenvalue weighted by molar-refractivity contribution is 6.30. The molecule has 0 fully saturated rings. The Kier molecular flexibility index (Phi) is 3.48. The van der Waals surface area contributed by atoms with Crippen molar-refractivity contribution in [2.75, 3.05) is 6.54 Å². The summed E-state index contributed by atoms with van der Waals surface area (Å²) in [5.74, 6) is 0. The van der Waals surface area contributed by atoms with Gasteiger partial charge in [0, 0.05) is 17.6 Å². The second-order valence-electron chi connectivity index (χ2n) is 5.70. The highest BCUT2D eigenvalue weighted by atomic mass is 35.5. The molecule has 1 aromatic rings. The van der Waals surface area contributed by atoms with Gasteiger partial charge in [0.25, 0.3) is 0 Å². The van der Waals surface area contributed by atoms with E-state index in [1.807, 2.05) is 12.1 Å². The molecule has 2 rings (SSSR count). The number of fused-ring (bicyclic) bond motifs is 1. The molecule has 0 saturated heterocycles. The SMILES string of the molecule is C[C@@H](O)CNC1c2cc(Cl)ccc2CC1(C)C. The fourth-order valence-electron chi connectivity index (χ4n) is 2.68. The zero-order chi connectivity index (χ0) is 12.6. The molecule has 1 unspecified atom stereocenters. The molecule has 0 bridgehead atoms. The fourth-order valence-corrected chi connectivity index (χ4v) is 2.86. The van der Waals surface area contributed by atoms with Gasteiger partial charge in [-0.05, 0) is 42.0 Å². The van der Waals surface area contributed by atoms with Crippen molar-refractivity contribution in [3.8, 4) is 0 Å². The van der Waals surface area contributed by atoms with Crippen LogP contribution in [0.3, 0.4) is 0 Å². The van der Waals surface area contributed by atoms with Gasteiger partial charge in [0.1, 0.15) is 0 Å². The molecule has 2 atom stereocenters. The van der Waals surface area contributed by atoms with Crippen molar-refractivity contribution in [1.29, 1.82) is 0 Å². The van der Waals surface area contributed by atoms with Crippen LogP contribution in [0.15, 0.2) is 18.2 Å². The molecule has 94 valence electrons. The van der Waals surface area contributed by atoms with Gasteiger partial charge in [-0.3, -0.25) is 0 Å². The van der Waals surface area contributed by atoms with E-state index in [1.165, 1.54) is 11.1 Å². The Bertz CT molecular complexity index is 415. The summed E-state index contributed by atoms with van der Waals surface area (Å²) in [6, 6.07) is 6.38. The van der Waals surface area contributed by atoms with Crippen LogP contribution in [-0.2, 0) is 6.42 Å². The molecule has 3 heteroatoms. The van der Waals surface area contributed by atoms with E-state index in [0.717, 1.165) is 11.4 Å². The van der Waals surface area contributed by atoms with E-state index in [-0.39, 0.29) is 17.6 Å². The molecule has 0 radical (unpaired) electrons. The monoisotopic (exact) mass is 253 g/mol. The maximum absolute atomic E-state index is 9.40. The second-order valence-corrected chi connectivity index (χ2v) is 6.14. The lowest BCUT2D eigenvalue weighted by Crippen LogP contribution is -2.35. The van der Waals surface area contributed by atoms with Crippen LogP contribution in [0.4, 0.5) is 0 Å². The molecule has 0 aliphatic heterocycles. The number of halogens is 1. The van der Waals surface area contributed by atoms with Crippen molar-refractivity contribution in [3.63, 3.8) is 0 Å². The first-order valence-electron chi connectivity index (χ1n) is 6.10. The van der Waals surface area contributed by atoms with Gasteiger partial charge in [0.2, 0.25) is 0 Å². The predicted octanol–water partition coefficient (Wildman–Crippen LogP) is 2.93. The Hall–Kier alpha value is -0.570. The van der Waals surface area contributed by atoms with Crippen LogP contribution < -0.4 is 5.32 Å². The van der Waals surface area contributed by atoms with Crippen LogP contribution in [0.2, 0.25) is 5.02 Å². The maximum Gasteiger partial charge on any atom is 0.0636 e. The number of nitrogens with one attached hydrogen (secondary N) is 1.